The smallest absolute Gasteiger partial charge is 0.159 e. The molecule has 0 fully saturated rings. The fourth-order valence-electron chi connectivity index (χ4n) is 0.865. The number of hydrogen-bond acceptors (Lipinski definition) is 6. The molecule has 0 aliphatic rings. The summed E-state index contributed by atoms with van der Waals surface area (Å²) in [6.07, 6.45) is 3.52. The fourth-order valence-corrected chi connectivity index (χ4v) is 1.63. The summed E-state index contributed by atoms with van der Waals surface area (Å²) in [5.41, 5.74) is 2.48. The number of nitrogens with zero attached hydrogens (tertiary/aromatic N) is 2. The van der Waals surface area contributed by atoms with Crippen LogP contribution >= 0.6 is 27.7 Å². The van der Waals surface area contributed by atoms with Gasteiger partial charge in [0.25, 0.3) is 0 Å². The van der Waals surface area contributed by atoms with Crippen LogP contribution < -0.4 is 16.6 Å². The summed E-state index contributed by atoms with van der Waals surface area (Å²) in [5.74, 6) is 7.63. The Morgan fingerprint density at radius 3 is 2.86 bits per heavy atom. The summed E-state index contributed by atoms with van der Waals surface area (Å²) in [4.78, 5) is 8.03. The first-order valence-electron chi connectivity index (χ1n) is 3.99. The van der Waals surface area contributed by atoms with Gasteiger partial charge in [0.15, 0.2) is 5.82 Å². The molecule has 1 rings (SSSR count). The van der Waals surface area contributed by atoms with E-state index in [1.54, 1.807) is 11.8 Å². The molecule has 14 heavy (non-hydrogen) atoms. The molecule has 0 bridgehead atoms. The second-order valence-electron chi connectivity index (χ2n) is 2.45. The van der Waals surface area contributed by atoms with Crippen LogP contribution in [0, 0.1) is 0 Å². The van der Waals surface area contributed by atoms with Crippen LogP contribution in [-0.2, 0) is 0 Å². The first-order valence-corrected chi connectivity index (χ1v) is 6.18. The number of thioether (sulfide) groups is 1. The molecule has 0 atom stereocenters. The molecular weight excluding hydrogens is 266 g/mol. The summed E-state index contributed by atoms with van der Waals surface area (Å²) in [6.45, 7) is 0.862. The van der Waals surface area contributed by atoms with E-state index in [-0.39, 0.29) is 0 Å². The van der Waals surface area contributed by atoms with Crippen molar-refractivity contribution in [2.75, 3.05) is 29.3 Å². The molecule has 7 heteroatoms. The number of hydrogen-bond donors (Lipinski definition) is 3. The predicted octanol–water partition coefficient (Wildman–Crippen LogP) is 1.30. The Kier molecular flexibility index (Phi) is 4.99. The monoisotopic (exact) mass is 277 g/mol. The largest absolute Gasteiger partial charge is 0.368 e. The molecule has 0 unspecified atom stereocenters. The van der Waals surface area contributed by atoms with Crippen molar-refractivity contribution in [1.29, 1.82) is 0 Å². The average molecular weight is 278 g/mol. The number of nitrogens with one attached hydrogen (secondary N) is 2. The highest BCUT2D eigenvalue weighted by atomic mass is 79.9. The van der Waals surface area contributed by atoms with Gasteiger partial charge in [-0.3, -0.25) is 0 Å². The highest BCUT2D eigenvalue weighted by Crippen LogP contribution is 2.25. The van der Waals surface area contributed by atoms with E-state index in [2.05, 4.69) is 42.9 Å². The quantitative estimate of drug-likeness (QED) is 0.428. The zero-order valence-electron chi connectivity index (χ0n) is 7.75. The minimum absolute atomic E-state index is 0.576. The lowest BCUT2D eigenvalue weighted by molar-refractivity contribution is 1.09. The van der Waals surface area contributed by atoms with Crippen molar-refractivity contribution in [2.45, 2.75) is 0 Å². The van der Waals surface area contributed by atoms with Gasteiger partial charge in [-0.05, 0) is 22.2 Å². The first kappa shape index (κ1) is 11.5. The second kappa shape index (κ2) is 6.05. The number of aromatic nitrogens is 2. The molecule has 4 N–H and O–H groups in total. The zero-order chi connectivity index (χ0) is 10.4. The normalized spacial score (nSPS) is 9.93. The van der Waals surface area contributed by atoms with E-state index in [1.165, 1.54) is 6.33 Å². The van der Waals surface area contributed by atoms with Crippen LogP contribution in [0.5, 0.6) is 0 Å². The molecule has 1 aromatic rings. The summed E-state index contributed by atoms with van der Waals surface area (Å²) in [5, 5.41) is 3.17. The van der Waals surface area contributed by atoms with Crippen LogP contribution in [0.15, 0.2) is 10.8 Å². The minimum atomic E-state index is 0.576. The number of nitrogen functional groups attached to an aromatic ring is 1. The van der Waals surface area contributed by atoms with Gasteiger partial charge in [-0.15, -0.1) is 0 Å². The predicted molar refractivity (Wildman–Crippen MR) is 64.4 cm³/mol. The molecule has 0 aromatic carbocycles. The van der Waals surface area contributed by atoms with Crippen molar-refractivity contribution in [3.05, 3.63) is 10.8 Å². The lowest BCUT2D eigenvalue weighted by Crippen LogP contribution is -2.12. The van der Waals surface area contributed by atoms with Crippen LogP contribution in [-0.4, -0.2) is 28.5 Å². The Balaban J connectivity index is 2.66. The Morgan fingerprint density at radius 2 is 2.21 bits per heavy atom. The van der Waals surface area contributed by atoms with Gasteiger partial charge < -0.3 is 10.7 Å². The molecule has 1 heterocycles. The van der Waals surface area contributed by atoms with Crippen molar-refractivity contribution in [1.82, 2.24) is 9.97 Å². The number of anilines is 2. The first-order chi connectivity index (χ1) is 6.79. The van der Waals surface area contributed by atoms with Crippen LogP contribution in [0.2, 0.25) is 0 Å². The Morgan fingerprint density at radius 1 is 1.50 bits per heavy atom. The number of rotatable bonds is 5. The fraction of sp³-hybridized carbons (Fsp3) is 0.429. The van der Waals surface area contributed by atoms with Gasteiger partial charge in [-0.2, -0.15) is 11.8 Å². The third-order valence-electron chi connectivity index (χ3n) is 1.52. The maximum Gasteiger partial charge on any atom is 0.159 e. The molecular formula is C7H12BrN5S. The highest BCUT2D eigenvalue weighted by Gasteiger charge is 2.05. The topological polar surface area (TPSA) is 75.9 Å². The van der Waals surface area contributed by atoms with Crippen LogP contribution in [0.4, 0.5) is 11.6 Å². The summed E-state index contributed by atoms with van der Waals surface area (Å²) in [6, 6.07) is 0. The number of nitrogens with two attached hydrogens (primary N) is 1. The summed E-state index contributed by atoms with van der Waals surface area (Å²) in [7, 11) is 0. The van der Waals surface area contributed by atoms with E-state index in [9.17, 15) is 0 Å². The number of halogens is 1. The third kappa shape index (κ3) is 3.00. The molecule has 0 radical (unpaired) electrons. The zero-order valence-corrected chi connectivity index (χ0v) is 10.2. The summed E-state index contributed by atoms with van der Waals surface area (Å²) < 4.78 is 0.753. The minimum Gasteiger partial charge on any atom is -0.368 e. The molecule has 0 aliphatic carbocycles. The van der Waals surface area contributed by atoms with Crippen LogP contribution in [0.25, 0.3) is 0 Å². The van der Waals surface area contributed by atoms with Gasteiger partial charge in [0.05, 0.1) is 0 Å². The third-order valence-corrected chi connectivity index (χ3v) is 2.89. The molecule has 0 amide bonds. The van der Waals surface area contributed by atoms with Gasteiger partial charge in [-0.1, -0.05) is 0 Å². The van der Waals surface area contributed by atoms with Crippen molar-refractivity contribution in [3.8, 4) is 0 Å². The number of hydrazine groups is 1. The Labute approximate surface area is 95.4 Å². The van der Waals surface area contributed by atoms with Crippen molar-refractivity contribution in [2.24, 2.45) is 5.84 Å². The highest BCUT2D eigenvalue weighted by molar-refractivity contribution is 9.10. The van der Waals surface area contributed by atoms with Gasteiger partial charge in [0.1, 0.15) is 16.6 Å². The lowest BCUT2D eigenvalue weighted by Gasteiger charge is -2.08. The maximum atomic E-state index is 5.27. The average Bonchev–Trinajstić information content (AvgIpc) is 2.21. The SMILES string of the molecule is CSCCNc1ncnc(NN)c1Br. The molecule has 0 aliphatic heterocycles. The molecule has 0 saturated heterocycles. The van der Waals surface area contributed by atoms with E-state index in [0.717, 1.165) is 22.6 Å². The van der Waals surface area contributed by atoms with Gasteiger partial charge in [0.2, 0.25) is 0 Å². The van der Waals surface area contributed by atoms with E-state index < -0.39 is 0 Å². The van der Waals surface area contributed by atoms with Gasteiger partial charge in [0, 0.05) is 12.3 Å². The lowest BCUT2D eigenvalue weighted by atomic mass is 10.5. The molecule has 1 aromatic heterocycles. The van der Waals surface area contributed by atoms with Crippen LogP contribution in [0.3, 0.4) is 0 Å². The summed E-state index contributed by atoms with van der Waals surface area (Å²) >= 11 is 5.13. The van der Waals surface area contributed by atoms with Crippen molar-refractivity contribution >= 4 is 39.3 Å². The maximum absolute atomic E-state index is 5.27. The molecule has 0 saturated carbocycles. The molecule has 78 valence electrons. The van der Waals surface area contributed by atoms with Crippen molar-refractivity contribution in [3.63, 3.8) is 0 Å². The Bertz CT molecular complexity index is 295. The van der Waals surface area contributed by atoms with Crippen molar-refractivity contribution < 1.29 is 0 Å². The molecule has 0 spiro atoms. The van der Waals surface area contributed by atoms with E-state index >= 15 is 0 Å². The van der Waals surface area contributed by atoms with E-state index in [4.69, 9.17) is 5.84 Å². The second-order valence-corrected chi connectivity index (χ2v) is 4.23. The van der Waals surface area contributed by atoms with Crippen LogP contribution in [0.1, 0.15) is 0 Å². The molecule has 5 nitrogen and oxygen atoms in total. The van der Waals surface area contributed by atoms with Gasteiger partial charge >= 0.3 is 0 Å². The standard InChI is InChI=1S/C7H12BrN5S/c1-14-3-2-10-6-5(8)7(13-9)12-4-11-6/h4H,2-3,9H2,1H3,(H2,10,11,12,13). The van der Waals surface area contributed by atoms with E-state index in [1.807, 2.05) is 0 Å². The van der Waals surface area contributed by atoms with Gasteiger partial charge in [-0.25, -0.2) is 15.8 Å². The Hall–Kier alpha value is -0.530. The van der Waals surface area contributed by atoms with E-state index in [0.29, 0.717) is 5.82 Å².